The molecule has 6 nitrogen and oxygen atoms in total. The van der Waals surface area contributed by atoms with Gasteiger partial charge in [0.2, 0.25) is 11.8 Å². The highest BCUT2D eigenvalue weighted by molar-refractivity contribution is 6.31. The van der Waals surface area contributed by atoms with E-state index in [1.807, 2.05) is 29.6 Å². The lowest BCUT2D eigenvalue weighted by atomic mass is 10.1. The van der Waals surface area contributed by atoms with Crippen LogP contribution < -0.4 is 15.5 Å². The summed E-state index contributed by atoms with van der Waals surface area (Å²) in [5, 5.41) is 5.26. The van der Waals surface area contributed by atoms with Gasteiger partial charge in [-0.25, -0.2) is 4.90 Å². The van der Waals surface area contributed by atoms with Crippen molar-refractivity contribution in [3.63, 3.8) is 0 Å². The molecule has 0 bridgehead atoms. The van der Waals surface area contributed by atoms with Crippen molar-refractivity contribution in [2.75, 3.05) is 16.8 Å². The number of imide groups is 1. The highest BCUT2D eigenvalue weighted by Crippen LogP contribution is 2.23. The molecule has 3 rings (SSSR count). The van der Waals surface area contributed by atoms with E-state index in [1.54, 1.807) is 24.3 Å². The summed E-state index contributed by atoms with van der Waals surface area (Å²) in [6, 6.07) is 13.9. The van der Waals surface area contributed by atoms with Gasteiger partial charge in [-0.05, 0) is 35.9 Å². The van der Waals surface area contributed by atoms with E-state index in [4.69, 9.17) is 11.6 Å². The quantitative estimate of drug-likeness (QED) is 0.742. The fourth-order valence-corrected chi connectivity index (χ4v) is 3.38. The molecule has 1 fully saturated rings. The number of nitrogens with zero attached hydrogens (tertiary/aromatic N) is 1. The Balaban J connectivity index is 1.61. The maximum atomic E-state index is 12.7. The Hall–Kier alpha value is -2.70. The van der Waals surface area contributed by atoms with Crippen LogP contribution in [0.15, 0.2) is 48.5 Å². The van der Waals surface area contributed by atoms with Crippen molar-refractivity contribution in [2.24, 2.45) is 0 Å². The zero-order chi connectivity index (χ0) is 19.4. The Labute approximate surface area is 162 Å². The Morgan fingerprint density at radius 2 is 1.89 bits per heavy atom. The first kappa shape index (κ1) is 19.1. The van der Waals surface area contributed by atoms with Crippen LogP contribution in [-0.4, -0.2) is 30.3 Å². The van der Waals surface area contributed by atoms with Gasteiger partial charge >= 0.3 is 0 Å². The number of halogens is 1. The summed E-state index contributed by atoms with van der Waals surface area (Å²) in [6.07, 6.45) is 0.901. The lowest BCUT2D eigenvalue weighted by Crippen LogP contribution is -2.92. The molecule has 3 amide bonds. The number of nitrogens with two attached hydrogens (primary N) is 1. The summed E-state index contributed by atoms with van der Waals surface area (Å²) in [4.78, 5) is 37.3. The van der Waals surface area contributed by atoms with E-state index in [0.29, 0.717) is 22.9 Å². The molecule has 1 atom stereocenters. The molecule has 1 aliphatic rings. The first-order valence-corrected chi connectivity index (χ1v) is 9.14. The van der Waals surface area contributed by atoms with Gasteiger partial charge in [0.15, 0.2) is 6.04 Å². The molecule has 0 spiro atoms. The minimum Gasteiger partial charge on any atom is -0.335 e. The number of carbonyl (C=O) groups excluding carboxylic acids is 3. The molecule has 140 valence electrons. The third-order valence-electron chi connectivity index (χ3n) is 4.45. The van der Waals surface area contributed by atoms with Gasteiger partial charge in [-0.2, -0.15) is 0 Å². The van der Waals surface area contributed by atoms with E-state index in [-0.39, 0.29) is 24.1 Å². The van der Waals surface area contributed by atoms with Crippen molar-refractivity contribution < 1.29 is 19.7 Å². The Kier molecular flexibility index (Phi) is 5.88. The van der Waals surface area contributed by atoms with Crippen LogP contribution in [0.5, 0.6) is 0 Å². The molecular weight excluding hydrogens is 366 g/mol. The van der Waals surface area contributed by atoms with Crippen molar-refractivity contribution in [2.45, 2.75) is 25.8 Å². The number of quaternary nitrogens is 1. The number of anilines is 2. The van der Waals surface area contributed by atoms with Gasteiger partial charge < -0.3 is 10.6 Å². The van der Waals surface area contributed by atoms with Crippen LogP contribution in [0.3, 0.4) is 0 Å². The van der Waals surface area contributed by atoms with Crippen molar-refractivity contribution in [3.8, 4) is 0 Å². The largest absolute Gasteiger partial charge is 0.335 e. The highest BCUT2D eigenvalue weighted by Gasteiger charge is 2.42. The van der Waals surface area contributed by atoms with Gasteiger partial charge in [-0.1, -0.05) is 29.8 Å². The lowest BCUT2D eigenvalue weighted by Gasteiger charge is -2.15. The van der Waals surface area contributed by atoms with Gasteiger partial charge in [0.25, 0.3) is 5.91 Å². The number of carbonyl (C=O) groups is 3. The van der Waals surface area contributed by atoms with Crippen molar-refractivity contribution >= 4 is 40.7 Å². The fraction of sp³-hybridized carbons (Fsp3) is 0.250. The molecule has 0 aromatic heterocycles. The van der Waals surface area contributed by atoms with Gasteiger partial charge in [-0.15, -0.1) is 0 Å². The second-order valence-electron chi connectivity index (χ2n) is 6.47. The second-order valence-corrected chi connectivity index (χ2v) is 6.88. The predicted molar refractivity (Wildman–Crippen MR) is 104 cm³/mol. The van der Waals surface area contributed by atoms with Crippen molar-refractivity contribution in [1.29, 1.82) is 0 Å². The van der Waals surface area contributed by atoms with Crippen molar-refractivity contribution in [3.05, 3.63) is 59.1 Å². The van der Waals surface area contributed by atoms with E-state index in [1.165, 1.54) is 11.8 Å². The molecule has 7 heteroatoms. The molecular formula is C20H21ClN3O3+. The number of benzene rings is 2. The number of rotatable bonds is 6. The third-order valence-corrected chi connectivity index (χ3v) is 4.82. The highest BCUT2D eigenvalue weighted by atomic mass is 35.5. The maximum absolute atomic E-state index is 12.7. The van der Waals surface area contributed by atoms with Gasteiger partial charge in [-0.3, -0.25) is 14.4 Å². The van der Waals surface area contributed by atoms with Crippen LogP contribution in [-0.2, 0) is 20.8 Å². The summed E-state index contributed by atoms with van der Waals surface area (Å²) in [7, 11) is 0. The number of hydrogen-bond donors (Lipinski definition) is 2. The summed E-state index contributed by atoms with van der Waals surface area (Å²) in [5.41, 5.74) is 2.16. The maximum Gasteiger partial charge on any atom is 0.292 e. The van der Waals surface area contributed by atoms with Crippen LogP contribution in [0.2, 0.25) is 5.02 Å². The first-order chi connectivity index (χ1) is 13.0. The molecule has 0 unspecified atom stereocenters. The van der Waals surface area contributed by atoms with E-state index in [2.05, 4.69) is 5.32 Å². The van der Waals surface area contributed by atoms with Crippen LogP contribution >= 0.6 is 11.6 Å². The molecule has 2 aromatic rings. The zero-order valence-electron chi connectivity index (χ0n) is 14.9. The average molecular weight is 387 g/mol. The van der Waals surface area contributed by atoms with E-state index in [0.717, 1.165) is 12.0 Å². The van der Waals surface area contributed by atoms with Gasteiger partial charge in [0.05, 0.1) is 18.7 Å². The number of nitrogens with one attached hydrogen (secondary N) is 1. The van der Waals surface area contributed by atoms with Crippen LogP contribution in [0.25, 0.3) is 0 Å². The average Bonchev–Trinajstić information content (AvgIpc) is 2.91. The molecule has 0 aliphatic carbocycles. The Morgan fingerprint density at radius 3 is 2.56 bits per heavy atom. The lowest BCUT2D eigenvalue weighted by molar-refractivity contribution is -0.674. The van der Waals surface area contributed by atoms with E-state index >= 15 is 0 Å². The minimum absolute atomic E-state index is 0.175. The number of amides is 3. The monoisotopic (exact) mass is 386 g/mol. The minimum atomic E-state index is -0.421. The van der Waals surface area contributed by atoms with Gasteiger partial charge in [0, 0.05) is 24.1 Å². The Bertz CT molecular complexity index is 867. The standard InChI is InChI=1S/C20H20ClN3O3/c1-13(25)23-15-6-8-16(9-7-15)24-19(26)12-18(20(24)27)22-11-10-14-4-2-3-5-17(14)21/h2-9,18,22H,10-12H2,1H3,(H,23,25)/p+1/t18-/m1/s1. The second kappa shape index (κ2) is 8.33. The zero-order valence-corrected chi connectivity index (χ0v) is 15.7. The molecule has 0 radical (unpaired) electrons. The summed E-state index contributed by atoms with van der Waals surface area (Å²) < 4.78 is 0. The SMILES string of the molecule is CC(=O)Nc1ccc(N2C(=O)C[C@@H]([NH2+]CCc3ccccc3Cl)C2=O)cc1. The molecule has 27 heavy (non-hydrogen) atoms. The first-order valence-electron chi connectivity index (χ1n) is 8.77. The van der Waals surface area contributed by atoms with E-state index < -0.39 is 6.04 Å². The molecule has 3 N–H and O–H groups in total. The Morgan fingerprint density at radius 1 is 1.19 bits per heavy atom. The molecule has 1 heterocycles. The van der Waals surface area contributed by atoms with E-state index in [9.17, 15) is 14.4 Å². The topological polar surface area (TPSA) is 83.1 Å². The molecule has 1 saturated heterocycles. The van der Waals surface area contributed by atoms with Gasteiger partial charge in [0.1, 0.15) is 0 Å². The van der Waals surface area contributed by atoms with Crippen LogP contribution in [0.1, 0.15) is 18.9 Å². The number of hydrogen-bond acceptors (Lipinski definition) is 3. The van der Waals surface area contributed by atoms with Crippen molar-refractivity contribution in [1.82, 2.24) is 0 Å². The van der Waals surface area contributed by atoms with Crippen LogP contribution in [0, 0.1) is 0 Å². The molecule has 2 aromatic carbocycles. The summed E-state index contributed by atoms with van der Waals surface area (Å²) >= 11 is 6.15. The summed E-state index contributed by atoms with van der Waals surface area (Å²) in [5.74, 6) is -0.609. The molecule has 1 aliphatic heterocycles. The normalized spacial score (nSPS) is 16.7. The summed E-state index contributed by atoms with van der Waals surface area (Å²) in [6.45, 7) is 2.09. The fourth-order valence-electron chi connectivity index (χ4n) is 3.15. The smallest absolute Gasteiger partial charge is 0.292 e. The molecule has 0 saturated carbocycles. The third kappa shape index (κ3) is 4.53. The predicted octanol–water partition coefficient (Wildman–Crippen LogP) is 1.74. The van der Waals surface area contributed by atoms with Crippen LogP contribution in [0.4, 0.5) is 11.4 Å².